The molecule has 0 radical (unpaired) electrons. The lowest BCUT2D eigenvalue weighted by molar-refractivity contribution is -0.140. The average Bonchev–Trinajstić information content (AvgIpc) is 3.30. The number of carbonyl (C=O) groups is 3. The SMILES string of the molecule is CCOCCCN1C(=O)C(C#N)=C(C)/C(=C\c2ccc(-c3ccc(C(=O)OCC)cc3)o2)C1=O. The quantitative estimate of drug-likeness (QED) is 0.238. The molecule has 0 fully saturated rings. The Balaban J connectivity index is 1.86. The molecule has 0 saturated heterocycles. The highest BCUT2D eigenvalue weighted by Gasteiger charge is 2.35. The molecule has 1 aromatic carbocycles. The minimum Gasteiger partial charge on any atom is -0.462 e. The highest BCUT2D eigenvalue weighted by molar-refractivity contribution is 6.19. The predicted molar refractivity (Wildman–Crippen MR) is 124 cm³/mol. The molecule has 34 heavy (non-hydrogen) atoms. The Kier molecular flexibility index (Phi) is 8.17. The Morgan fingerprint density at radius 1 is 1.09 bits per heavy atom. The summed E-state index contributed by atoms with van der Waals surface area (Å²) in [4.78, 5) is 38.6. The van der Waals surface area contributed by atoms with Gasteiger partial charge in [-0.25, -0.2) is 4.79 Å². The molecule has 0 unspecified atom stereocenters. The van der Waals surface area contributed by atoms with E-state index < -0.39 is 17.8 Å². The number of amides is 2. The molecule has 3 rings (SSSR count). The van der Waals surface area contributed by atoms with Gasteiger partial charge in [0, 0.05) is 30.9 Å². The fourth-order valence-corrected chi connectivity index (χ4v) is 3.51. The van der Waals surface area contributed by atoms with E-state index in [1.807, 2.05) is 13.0 Å². The molecule has 176 valence electrons. The first-order chi connectivity index (χ1) is 16.4. The standard InChI is InChI=1S/C26H26N2O6/c1-4-32-14-6-13-28-24(29)21(17(3)22(16-27)25(28)30)15-20-11-12-23(34-20)18-7-9-19(10-8-18)26(31)33-5-2/h7-12,15H,4-6,13-14H2,1-3H3/b21-15+. The summed E-state index contributed by atoms with van der Waals surface area (Å²) in [6, 6.07) is 12.1. The van der Waals surface area contributed by atoms with Crippen molar-refractivity contribution in [2.45, 2.75) is 27.2 Å². The lowest BCUT2D eigenvalue weighted by atomic mass is 9.94. The number of rotatable bonds is 9. The number of ether oxygens (including phenoxy) is 2. The normalized spacial score (nSPS) is 15.1. The zero-order valence-electron chi connectivity index (χ0n) is 19.4. The Morgan fingerprint density at radius 3 is 2.47 bits per heavy atom. The maximum absolute atomic E-state index is 13.1. The molecule has 1 aliphatic rings. The molecular formula is C26H26N2O6. The van der Waals surface area contributed by atoms with E-state index >= 15 is 0 Å². The largest absolute Gasteiger partial charge is 0.462 e. The van der Waals surface area contributed by atoms with E-state index in [0.717, 1.165) is 10.5 Å². The second kappa shape index (κ2) is 11.3. The summed E-state index contributed by atoms with van der Waals surface area (Å²) in [5.41, 5.74) is 1.65. The maximum atomic E-state index is 13.1. The second-order valence-electron chi connectivity index (χ2n) is 7.48. The molecule has 0 N–H and O–H groups in total. The van der Waals surface area contributed by atoms with Crippen molar-refractivity contribution < 1.29 is 28.3 Å². The van der Waals surface area contributed by atoms with Gasteiger partial charge in [-0.2, -0.15) is 5.26 Å². The Bertz CT molecular complexity index is 1180. The predicted octanol–water partition coefficient (Wildman–Crippen LogP) is 4.14. The van der Waals surface area contributed by atoms with Crippen LogP contribution in [-0.4, -0.2) is 49.0 Å². The summed E-state index contributed by atoms with van der Waals surface area (Å²) in [6.07, 6.45) is 2.01. The third-order valence-electron chi connectivity index (χ3n) is 5.29. The number of hydrogen-bond acceptors (Lipinski definition) is 7. The first-order valence-electron chi connectivity index (χ1n) is 11.1. The average molecular weight is 463 g/mol. The van der Waals surface area contributed by atoms with Gasteiger partial charge in [0.15, 0.2) is 0 Å². The molecule has 2 aromatic rings. The van der Waals surface area contributed by atoms with Crippen molar-refractivity contribution in [2.75, 3.05) is 26.4 Å². The van der Waals surface area contributed by atoms with Crippen LogP contribution in [0.15, 0.2) is 57.5 Å². The molecule has 2 heterocycles. The smallest absolute Gasteiger partial charge is 0.338 e. The molecule has 1 aliphatic heterocycles. The van der Waals surface area contributed by atoms with Gasteiger partial charge in [0.05, 0.1) is 12.2 Å². The summed E-state index contributed by atoms with van der Waals surface area (Å²) in [6.45, 7) is 6.60. The number of hydrogen-bond donors (Lipinski definition) is 0. The number of imide groups is 1. The van der Waals surface area contributed by atoms with Gasteiger partial charge in [0.25, 0.3) is 11.8 Å². The number of nitrogens with zero attached hydrogens (tertiary/aromatic N) is 2. The van der Waals surface area contributed by atoms with Crippen molar-refractivity contribution in [3.8, 4) is 17.4 Å². The molecule has 1 aromatic heterocycles. The van der Waals surface area contributed by atoms with Gasteiger partial charge in [-0.3, -0.25) is 14.5 Å². The molecule has 8 heteroatoms. The van der Waals surface area contributed by atoms with Gasteiger partial charge in [-0.15, -0.1) is 0 Å². The first-order valence-corrected chi connectivity index (χ1v) is 11.1. The van der Waals surface area contributed by atoms with Gasteiger partial charge < -0.3 is 13.9 Å². The minimum absolute atomic E-state index is 0.0661. The van der Waals surface area contributed by atoms with E-state index in [0.29, 0.717) is 48.9 Å². The number of esters is 1. The van der Waals surface area contributed by atoms with Crippen LogP contribution in [0.5, 0.6) is 0 Å². The third kappa shape index (κ3) is 5.33. The van der Waals surface area contributed by atoms with Crippen LogP contribution < -0.4 is 0 Å². The van der Waals surface area contributed by atoms with Crippen LogP contribution in [0.1, 0.15) is 43.3 Å². The van der Waals surface area contributed by atoms with E-state index in [1.54, 1.807) is 50.2 Å². The van der Waals surface area contributed by atoms with E-state index in [1.165, 1.54) is 6.08 Å². The Hall–Kier alpha value is -3.96. The molecule has 2 amide bonds. The van der Waals surface area contributed by atoms with Crippen LogP contribution in [0.4, 0.5) is 0 Å². The van der Waals surface area contributed by atoms with Gasteiger partial charge in [0.2, 0.25) is 0 Å². The number of benzene rings is 1. The van der Waals surface area contributed by atoms with Crippen LogP contribution in [0.25, 0.3) is 17.4 Å². The zero-order chi connectivity index (χ0) is 24.7. The highest BCUT2D eigenvalue weighted by atomic mass is 16.5. The Morgan fingerprint density at radius 2 is 1.82 bits per heavy atom. The second-order valence-corrected chi connectivity index (χ2v) is 7.48. The topological polar surface area (TPSA) is 110 Å². The van der Waals surface area contributed by atoms with Crippen molar-refractivity contribution >= 4 is 23.9 Å². The fraction of sp³-hybridized carbons (Fsp3) is 0.308. The third-order valence-corrected chi connectivity index (χ3v) is 5.29. The maximum Gasteiger partial charge on any atom is 0.338 e. The molecule has 0 aliphatic carbocycles. The summed E-state index contributed by atoms with van der Waals surface area (Å²) in [5, 5.41) is 9.50. The molecule has 0 bridgehead atoms. The summed E-state index contributed by atoms with van der Waals surface area (Å²) < 4.78 is 16.2. The molecular weight excluding hydrogens is 436 g/mol. The first kappa shape index (κ1) is 24.7. The fourth-order valence-electron chi connectivity index (χ4n) is 3.51. The highest BCUT2D eigenvalue weighted by Crippen LogP contribution is 2.29. The van der Waals surface area contributed by atoms with E-state index in [-0.39, 0.29) is 17.7 Å². The lowest BCUT2D eigenvalue weighted by Gasteiger charge is -2.27. The Labute approximate surface area is 198 Å². The van der Waals surface area contributed by atoms with Crippen molar-refractivity contribution in [3.63, 3.8) is 0 Å². The molecule has 0 saturated carbocycles. The van der Waals surface area contributed by atoms with Crippen LogP contribution in [0, 0.1) is 11.3 Å². The number of carbonyl (C=O) groups excluding carboxylic acids is 3. The van der Waals surface area contributed by atoms with E-state index in [2.05, 4.69) is 0 Å². The van der Waals surface area contributed by atoms with Crippen LogP contribution in [0.3, 0.4) is 0 Å². The van der Waals surface area contributed by atoms with Crippen molar-refractivity contribution in [3.05, 3.63) is 64.4 Å². The monoisotopic (exact) mass is 462 g/mol. The van der Waals surface area contributed by atoms with Crippen molar-refractivity contribution in [1.29, 1.82) is 5.26 Å². The number of furan rings is 1. The lowest BCUT2D eigenvalue weighted by Crippen LogP contribution is -2.43. The molecule has 0 spiro atoms. The van der Waals surface area contributed by atoms with Gasteiger partial charge in [0.1, 0.15) is 23.2 Å². The summed E-state index contributed by atoms with van der Waals surface area (Å²) in [5.74, 6) is -0.536. The van der Waals surface area contributed by atoms with Crippen LogP contribution in [-0.2, 0) is 19.1 Å². The summed E-state index contributed by atoms with van der Waals surface area (Å²) in [7, 11) is 0. The van der Waals surface area contributed by atoms with Crippen molar-refractivity contribution in [1.82, 2.24) is 4.90 Å². The van der Waals surface area contributed by atoms with Crippen molar-refractivity contribution in [2.24, 2.45) is 0 Å². The molecule has 8 nitrogen and oxygen atoms in total. The van der Waals surface area contributed by atoms with Gasteiger partial charge in [-0.1, -0.05) is 12.1 Å². The zero-order valence-corrected chi connectivity index (χ0v) is 19.4. The molecule has 0 atom stereocenters. The number of nitriles is 1. The van der Waals surface area contributed by atoms with Gasteiger partial charge >= 0.3 is 5.97 Å². The van der Waals surface area contributed by atoms with Crippen LogP contribution in [0.2, 0.25) is 0 Å². The van der Waals surface area contributed by atoms with E-state index in [9.17, 15) is 19.6 Å². The van der Waals surface area contributed by atoms with E-state index in [4.69, 9.17) is 13.9 Å². The summed E-state index contributed by atoms with van der Waals surface area (Å²) >= 11 is 0. The minimum atomic E-state index is -0.597. The van der Waals surface area contributed by atoms with Gasteiger partial charge in [-0.05, 0) is 63.1 Å². The van der Waals surface area contributed by atoms with Crippen LogP contribution >= 0.6 is 0 Å².